The molecule has 2 unspecified atom stereocenters. The van der Waals surface area contributed by atoms with Crippen molar-refractivity contribution in [3.63, 3.8) is 0 Å². The summed E-state index contributed by atoms with van der Waals surface area (Å²) in [6.45, 7) is 3.60. The van der Waals surface area contributed by atoms with E-state index in [1.165, 1.54) is 0 Å². The van der Waals surface area contributed by atoms with E-state index in [0.717, 1.165) is 0 Å². The molecule has 3 rings (SSSR count). The molecule has 158 valence electrons. The van der Waals surface area contributed by atoms with Crippen molar-refractivity contribution < 1.29 is 19.4 Å². The van der Waals surface area contributed by atoms with Crippen LogP contribution in [-0.2, 0) is 10.2 Å². The van der Waals surface area contributed by atoms with Gasteiger partial charge in [-0.15, -0.1) is 0 Å². The average molecular weight is 416 g/mol. The number of rotatable bonds is 8. The van der Waals surface area contributed by atoms with E-state index in [-0.39, 0.29) is 0 Å². The molecule has 31 heavy (non-hydrogen) atoms. The molecule has 0 saturated heterocycles. The second-order valence-corrected chi connectivity index (χ2v) is 7.44. The van der Waals surface area contributed by atoms with Crippen LogP contribution >= 0.6 is 0 Å². The summed E-state index contributed by atoms with van der Waals surface area (Å²) in [7, 11) is 1.54. The van der Waals surface area contributed by atoms with Gasteiger partial charge in [-0.2, -0.15) is 5.26 Å². The van der Waals surface area contributed by atoms with Crippen molar-refractivity contribution in [2.75, 3.05) is 7.11 Å². The number of para-hydroxylation sites is 1. The Kier molecular flexibility index (Phi) is 6.56. The quantitative estimate of drug-likeness (QED) is 0.545. The zero-order chi connectivity index (χ0) is 22.4. The smallest absolute Gasteiger partial charge is 0.316 e. The molecule has 3 aromatic rings. The first-order valence-corrected chi connectivity index (χ1v) is 9.90. The Bertz CT molecular complexity index is 1070. The van der Waals surface area contributed by atoms with Crippen LogP contribution in [0.4, 0.5) is 0 Å². The van der Waals surface area contributed by atoms with Crippen LogP contribution in [0.15, 0.2) is 72.8 Å². The molecule has 6 heteroatoms. The fourth-order valence-corrected chi connectivity index (χ4v) is 3.85. The van der Waals surface area contributed by atoms with E-state index >= 15 is 0 Å². The van der Waals surface area contributed by atoms with Crippen LogP contribution in [0.1, 0.15) is 31.0 Å². The molecule has 0 bridgehead atoms. The lowest BCUT2D eigenvalue weighted by Gasteiger charge is -2.37. The molecule has 0 aliphatic carbocycles. The minimum atomic E-state index is -1.51. The number of ether oxygens (including phenoxy) is 2. The number of methoxy groups -OCH3 is 1. The third kappa shape index (κ3) is 4.22. The summed E-state index contributed by atoms with van der Waals surface area (Å²) in [6, 6.07) is 23.2. The first kappa shape index (κ1) is 21.8. The maximum absolute atomic E-state index is 12.7. The van der Waals surface area contributed by atoms with Crippen LogP contribution in [0.2, 0.25) is 0 Å². The lowest BCUT2D eigenvalue weighted by atomic mass is 9.62. The summed E-state index contributed by atoms with van der Waals surface area (Å²) in [5.41, 5.74) is -0.666. The third-order valence-electron chi connectivity index (χ3n) is 5.42. The minimum absolute atomic E-state index is 0.293. The van der Waals surface area contributed by atoms with Gasteiger partial charge < -0.3 is 14.6 Å². The van der Waals surface area contributed by atoms with Gasteiger partial charge in [0, 0.05) is 6.07 Å². The Morgan fingerprint density at radius 2 is 1.68 bits per heavy atom. The molecule has 1 heterocycles. The number of nitrogens with zero attached hydrogens (tertiary/aromatic N) is 2. The summed E-state index contributed by atoms with van der Waals surface area (Å²) < 4.78 is 11.0. The highest BCUT2D eigenvalue weighted by Crippen LogP contribution is 2.45. The Hall–Kier alpha value is -3.85. The van der Waals surface area contributed by atoms with Gasteiger partial charge in [-0.3, -0.25) is 4.79 Å². The maximum atomic E-state index is 12.7. The van der Waals surface area contributed by atoms with E-state index in [4.69, 9.17) is 9.47 Å². The second-order valence-electron chi connectivity index (χ2n) is 7.44. The standard InChI is InChI=1S/C25H24N2O4/c1-17(2)25(24(28)29,18-12-14-19(30-3)15-13-18)21(16-26)22-10-7-11-23(27-22)31-20-8-5-4-6-9-20/h4-15,17,21H,1-3H3,(H,28,29). The number of carboxylic acids is 1. The van der Waals surface area contributed by atoms with Crippen LogP contribution in [0.5, 0.6) is 17.4 Å². The minimum Gasteiger partial charge on any atom is -0.497 e. The van der Waals surface area contributed by atoms with Gasteiger partial charge in [0.2, 0.25) is 5.88 Å². The number of benzene rings is 2. The van der Waals surface area contributed by atoms with Gasteiger partial charge in [-0.25, -0.2) is 4.98 Å². The van der Waals surface area contributed by atoms with Crippen molar-refractivity contribution in [3.05, 3.63) is 84.1 Å². The molecule has 0 radical (unpaired) electrons. The van der Waals surface area contributed by atoms with Crippen molar-refractivity contribution in [1.82, 2.24) is 4.98 Å². The number of carboxylic acid groups (broad SMARTS) is 1. The van der Waals surface area contributed by atoms with Gasteiger partial charge in [0.25, 0.3) is 0 Å². The molecule has 6 nitrogen and oxygen atoms in total. The van der Waals surface area contributed by atoms with Gasteiger partial charge in [0.15, 0.2) is 0 Å². The molecule has 2 atom stereocenters. The highest BCUT2D eigenvalue weighted by molar-refractivity contribution is 5.84. The Labute approximate surface area is 181 Å². The van der Waals surface area contributed by atoms with E-state index < -0.39 is 23.2 Å². The van der Waals surface area contributed by atoms with Gasteiger partial charge in [-0.05, 0) is 41.8 Å². The molecule has 0 aliphatic rings. The molecular formula is C25H24N2O4. The van der Waals surface area contributed by atoms with Gasteiger partial charge >= 0.3 is 5.97 Å². The van der Waals surface area contributed by atoms with Crippen molar-refractivity contribution in [2.24, 2.45) is 5.92 Å². The first-order chi connectivity index (χ1) is 14.9. The zero-order valence-corrected chi connectivity index (χ0v) is 17.6. The molecule has 0 saturated carbocycles. The third-order valence-corrected chi connectivity index (χ3v) is 5.42. The SMILES string of the molecule is COc1ccc(C(C(=O)O)(C(C)C)C(C#N)c2cccc(Oc3ccccc3)n2)cc1. The van der Waals surface area contributed by atoms with E-state index in [0.29, 0.717) is 28.6 Å². The van der Waals surface area contributed by atoms with E-state index in [9.17, 15) is 15.2 Å². The topological polar surface area (TPSA) is 92.4 Å². The maximum Gasteiger partial charge on any atom is 0.316 e. The monoisotopic (exact) mass is 416 g/mol. The lowest BCUT2D eigenvalue weighted by molar-refractivity contribution is -0.146. The second kappa shape index (κ2) is 9.31. The van der Waals surface area contributed by atoms with Crippen LogP contribution in [-0.4, -0.2) is 23.2 Å². The summed E-state index contributed by atoms with van der Waals surface area (Å²) in [4.78, 5) is 17.2. The average Bonchev–Trinajstić information content (AvgIpc) is 2.78. The molecule has 0 aliphatic heterocycles. The number of nitriles is 1. The summed E-state index contributed by atoms with van der Waals surface area (Å²) in [6.07, 6.45) is 0. The number of aromatic nitrogens is 1. The normalized spacial score (nSPS) is 13.6. The van der Waals surface area contributed by atoms with Gasteiger partial charge in [0.05, 0.1) is 18.9 Å². The van der Waals surface area contributed by atoms with Crippen molar-refractivity contribution in [2.45, 2.75) is 25.2 Å². The number of pyridine rings is 1. The van der Waals surface area contributed by atoms with E-state index in [1.807, 2.05) is 18.2 Å². The highest BCUT2D eigenvalue weighted by Gasteiger charge is 2.52. The summed E-state index contributed by atoms with van der Waals surface area (Å²) in [5.74, 6) is -1.03. The highest BCUT2D eigenvalue weighted by atomic mass is 16.5. The van der Waals surface area contributed by atoms with Crippen LogP contribution in [0.25, 0.3) is 0 Å². The predicted molar refractivity (Wildman–Crippen MR) is 116 cm³/mol. The molecule has 0 amide bonds. The number of hydrogen-bond donors (Lipinski definition) is 1. The largest absolute Gasteiger partial charge is 0.497 e. The van der Waals surface area contributed by atoms with Crippen molar-refractivity contribution in [1.29, 1.82) is 5.26 Å². The molecular weight excluding hydrogens is 392 g/mol. The zero-order valence-electron chi connectivity index (χ0n) is 17.6. The molecule has 0 spiro atoms. The van der Waals surface area contributed by atoms with Crippen molar-refractivity contribution in [3.8, 4) is 23.4 Å². The summed E-state index contributed by atoms with van der Waals surface area (Å²) in [5, 5.41) is 20.5. The fraction of sp³-hybridized carbons (Fsp3) is 0.240. The van der Waals surface area contributed by atoms with Crippen LogP contribution in [0, 0.1) is 17.2 Å². The number of aliphatic carboxylic acids is 1. The molecule has 0 fully saturated rings. The molecule has 1 N–H and O–H groups in total. The van der Waals surface area contributed by atoms with E-state index in [1.54, 1.807) is 75.6 Å². The lowest BCUT2D eigenvalue weighted by Crippen LogP contribution is -2.46. The molecule has 2 aromatic carbocycles. The van der Waals surface area contributed by atoms with Crippen LogP contribution < -0.4 is 9.47 Å². The van der Waals surface area contributed by atoms with E-state index in [2.05, 4.69) is 11.1 Å². The Morgan fingerprint density at radius 3 is 2.23 bits per heavy atom. The van der Waals surface area contributed by atoms with Gasteiger partial charge in [-0.1, -0.05) is 50.2 Å². The van der Waals surface area contributed by atoms with Gasteiger partial charge in [0.1, 0.15) is 22.8 Å². The van der Waals surface area contributed by atoms with Crippen LogP contribution in [0.3, 0.4) is 0 Å². The first-order valence-electron chi connectivity index (χ1n) is 9.90. The Balaban J connectivity index is 2.10. The Morgan fingerprint density at radius 1 is 1.00 bits per heavy atom. The molecule has 1 aromatic heterocycles. The van der Waals surface area contributed by atoms with Crippen molar-refractivity contribution >= 4 is 5.97 Å². The number of carbonyl (C=O) groups is 1. The fourth-order valence-electron chi connectivity index (χ4n) is 3.85. The predicted octanol–water partition coefficient (Wildman–Crippen LogP) is 5.17. The number of hydrogen-bond acceptors (Lipinski definition) is 5. The summed E-state index contributed by atoms with van der Waals surface area (Å²) >= 11 is 0.